The summed E-state index contributed by atoms with van der Waals surface area (Å²) in [7, 11) is 2.18. The van der Waals surface area contributed by atoms with Crippen LogP contribution in [0.1, 0.15) is 18.4 Å². The second kappa shape index (κ2) is 5.48. The molecular weight excluding hydrogens is 256 g/mol. The lowest BCUT2D eigenvalue weighted by atomic mass is 9.84. The highest BCUT2D eigenvalue weighted by atomic mass is 35.5. The Morgan fingerprint density at radius 1 is 1.26 bits per heavy atom. The number of halogens is 1. The fourth-order valence-electron chi connectivity index (χ4n) is 2.89. The van der Waals surface area contributed by atoms with Crippen LogP contribution in [-0.2, 0) is 6.54 Å². The molecule has 0 bridgehead atoms. The third-order valence-electron chi connectivity index (χ3n) is 3.90. The first-order valence-corrected chi connectivity index (χ1v) is 7.31. The van der Waals surface area contributed by atoms with E-state index >= 15 is 0 Å². The van der Waals surface area contributed by atoms with Crippen LogP contribution in [0.2, 0.25) is 0 Å². The van der Waals surface area contributed by atoms with Crippen LogP contribution in [0.5, 0.6) is 0 Å². The number of para-hydroxylation sites is 1. The van der Waals surface area contributed by atoms with E-state index in [0.717, 1.165) is 24.5 Å². The SMILES string of the molecule is CN(Cc1cccc2cccnc12)CC1CC(Cl)C1. The Balaban J connectivity index is 1.70. The van der Waals surface area contributed by atoms with Gasteiger partial charge in [-0.15, -0.1) is 11.6 Å². The number of rotatable bonds is 4. The Morgan fingerprint density at radius 3 is 2.84 bits per heavy atom. The second-order valence-corrected chi connectivity index (χ2v) is 6.24. The number of benzene rings is 1. The molecule has 3 rings (SSSR count). The van der Waals surface area contributed by atoms with Gasteiger partial charge in [0.25, 0.3) is 0 Å². The maximum Gasteiger partial charge on any atom is 0.0746 e. The van der Waals surface area contributed by atoms with Crippen LogP contribution < -0.4 is 0 Å². The summed E-state index contributed by atoms with van der Waals surface area (Å²) in [4.78, 5) is 6.90. The standard InChI is InChI=1S/C16H19ClN2/c1-19(10-12-8-15(17)9-12)11-14-5-2-4-13-6-3-7-18-16(13)14/h2-7,12,15H,8-11H2,1H3. The van der Waals surface area contributed by atoms with E-state index in [1.165, 1.54) is 23.8 Å². The molecule has 0 unspecified atom stereocenters. The van der Waals surface area contributed by atoms with Crippen molar-refractivity contribution in [3.05, 3.63) is 42.1 Å². The molecule has 0 radical (unpaired) electrons. The van der Waals surface area contributed by atoms with Crippen molar-refractivity contribution in [1.29, 1.82) is 0 Å². The third kappa shape index (κ3) is 2.90. The lowest BCUT2D eigenvalue weighted by Gasteiger charge is -2.34. The highest BCUT2D eigenvalue weighted by molar-refractivity contribution is 6.21. The van der Waals surface area contributed by atoms with Gasteiger partial charge in [0.15, 0.2) is 0 Å². The van der Waals surface area contributed by atoms with Crippen LogP contribution in [0, 0.1) is 5.92 Å². The highest BCUT2D eigenvalue weighted by Gasteiger charge is 2.27. The van der Waals surface area contributed by atoms with Gasteiger partial charge in [-0.2, -0.15) is 0 Å². The molecule has 100 valence electrons. The van der Waals surface area contributed by atoms with E-state index < -0.39 is 0 Å². The summed E-state index contributed by atoms with van der Waals surface area (Å²) in [5.41, 5.74) is 2.43. The minimum atomic E-state index is 0.414. The topological polar surface area (TPSA) is 16.1 Å². The molecule has 19 heavy (non-hydrogen) atoms. The van der Waals surface area contributed by atoms with Gasteiger partial charge in [-0.3, -0.25) is 4.98 Å². The molecule has 2 aromatic rings. The number of hydrogen-bond acceptors (Lipinski definition) is 2. The lowest BCUT2D eigenvalue weighted by molar-refractivity contribution is 0.204. The molecule has 1 aromatic carbocycles. The van der Waals surface area contributed by atoms with Crippen LogP contribution in [0.25, 0.3) is 10.9 Å². The van der Waals surface area contributed by atoms with E-state index in [4.69, 9.17) is 11.6 Å². The second-order valence-electron chi connectivity index (χ2n) is 5.62. The van der Waals surface area contributed by atoms with E-state index in [-0.39, 0.29) is 0 Å². The molecule has 0 aliphatic heterocycles. The normalized spacial score (nSPS) is 22.7. The smallest absolute Gasteiger partial charge is 0.0746 e. The van der Waals surface area contributed by atoms with Gasteiger partial charge in [0.05, 0.1) is 5.52 Å². The Kier molecular flexibility index (Phi) is 3.72. The Hall–Kier alpha value is -1.12. The van der Waals surface area contributed by atoms with Crippen molar-refractivity contribution in [2.24, 2.45) is 5.92 Å². The first kappa shape index (κ1) is 12.9. The molecule has 0 amide bonds. The highest BCUT2D eigenvalue weighted by Crippen LogP contribution is 2.32. The molecule has 1 saturated carbocycles. The largest absolute Gasteiger partial charge is 0.302 e. The zero-order valence-electron chi connectivity index (χ0n) is 11.2. The molecule has 1 aliphatic carbocycles. The van der Waals surface area contributed by atoms with Crippen molar-refractivity contribution in [3.8, 4) is 0 Å². The molecule has 1 fully saturated rings. The van der Waals surface area contributed by atoms with Gasteiger partial charge in [0.1, 0.15) is 0 Å². The average molecular weight is 275 g/mol. The lowest BCUT2D eigenvalue weighted by Crippen LogP contribution is -2.34. The molecule has 1 aromatic heterocycles. The predicted molar refractivity (Wildman–Crippen MR) is 80.4 cm³/mol. The molecule has 0 N–H and O–H groups in total. The first-order valence-electron chi connectivity index (χ1n) is 6.87. The number of nitrogens with zero attached hydrogens (tertiary/aromatic N) is 2. The van der Waals surface area contributed by atoms with Crippen LogP contribution in [-0.4, -0.2) is 28.9 Å². The van der Waals surface area contributed by atoms with Crippen molar-refractivity contribution < 1.29 is 0 Å². The Labute approximate surface area is 119 Å². The minimum absolute atomic E-state index is 0.414. The molecule has 2 nitrogen and oxygen atoms in total. The van der Waals surface area contributed by atoms with Gasteiger partial charge >= 0.3 is 0 Å². The van der Waals surface area contributed by atoms with Gasteiger partial charge in [0.2, 0.25) is 0 Å². The number of pyridine rings is 1. The molecular formula is C16H19ClN2. The zero-order chi connectivity index (χ0) is 13.2. The maximum atomic E-state index is 6.04. The molecule has 1 heterocycles. The van der Waals surface area contributed by atoms with Gasteiger partial charge in [-0.1, -0.05) is 24.3 Å². The Morgan fingerprint density at radius 2 is 2.05 bits per heavy atom. The summed E-state index contributed by atoms with van der Waals surface area (Å²) < 4.78 is 0. The number of hydrogen-bond donors (Lipinski definition) is 0. The van der Waals surface area contributed by atoms with Gasteiger partial charge in [-0.05, 0) is 37.4 Å². The van der Waals surface area contributed by atoms with Crippen LogP contribution in [0.3, 0.4) is 0 Å². The molecule has 0 saturated heterocycles. The maximum absolute atomic E-state index is 6.04. The summed E-state index contributed by atoms with van der Waals surface area (Å²) >= 11 is 6.04. The van der Waals surface area contributed by atoms with E-state index in [1.54, 1.807) is 0 Å². The summed E-state index contributed by atoms with van der Waals surface area (Å²) in [6, 6.07) is 10.5. The van der Waals surface area contributed by atoms with Crippen molar-refractivity contribution in [2.45, 2.75) is 24.8 Å². The van der Waals surface area contributed by atoms with E-state index in [9.17, 15) is 0 Å². The minimum Gasteiger partial charge on any atom is -0.302 e. The van der Waals surface area contributed by atoms with Gasteiger partial charge in [0, 0.05) is 30.0 Å². The Bertz CT molecular complexity index is 558. The van der Waals surface area contributed by atoms with Gasteiger partial charge < -0.3 is 4.90 Å². The van der Waals surface area contributed by atoms with E-state index in [0.29, 0.717) is 5.38 Å². The number of aromatic nitrogens is 1. The van der Waals surface area contributed by atoms with Crippen LogP contribution in [0.15, 0.2) is 36.5 Å². The van der Waals surface area contributed by atoms with Crippen molar-refractivity contribution in [2.75, 3.05) is 13.6 Å². The first-order chi connectivity index (χ1) is 9.22. The number of alkyl halides is 1. The summed E-state index contributed by atoms with van der Waals surface area (Å²) in [6.45, 7) is 2.09. The monoisotopic (exact) mass is 274 g/mol. The predicted octanol–water partition coefficient (Wildman–Crippen LogP) is 3.68. The average Bonchev–Trinajstić information content (AvgIpc) is 2.37. The van der Waals surface area contributed by atoms with Crippen molar-refractivity contribution >= 4 is 22.5 Å². The van der Waals surface area contributed by atoms with Crippen LogP contribution >= 0.6 is 11.6 Å². The van der Waals surface area contributed by atoms with Crippen molar-refractivity contribution in [3.63, 3.8) is 0 Å². The van der Waals surface area contributed by atoms with Crippen molar-refractivity contribution in [1.82, 2.24) is 9.88 Å². The summed E-state index contributed by atoms with van der Waals surface area (Å²) in [6.07, 6.45) is 4.20. The molecule has 0 atom stereocenters. The molecule has 1 aliphatic rings. The summed E-state index contributed by atoms with van der Waals surface area (Å²) in [5.74, 6) is 0.774. The summed E-state index contributed by atoms with van der Waals surface area (Å²) in [5, 5.41) is 1.63. The van der Waals surface area contributed by atoms with E-state index in [2.05, 4.69) is 41.2 Å². The number of fused-ring (bicyclic) bond motifs is 1. The van der Waals surface area contributed by atoms with Gasteiger partial charge in [-0.25, -0.2) is 0 Å². The third-order valence-corrected chi connectivity index (χ3v) is 4.26. The fourth-order valence-corrected chi connectivity index (χ4v) is 3.40. The molecule has 0 spiro atoms. The van der Waals surface area contributed by atoms with Crippen LogP contribution in [0.4, 0.5) is 0 Å². The fraction of sp³-hybridized carbons (Fsp3) is 0.438. The van der Waals surface area contributed by atoms with E-state index in [1.807, 2.05) is 12.3 Å². The quantitative estimate of drug-likeness (QED) is 0.791. The zero-order valence-corrected chi connectivity index (χ0v) is 12.0. The molecule has 3 heteroatoms.